The number of carbonyl (C=O) groups is 1. The average Bonchev–Trinajstić information content (AvgIpc) is 2.93. The molecule has 1 heterocycles. The smallest absolute Gasteiger partial charge is 0.243 e. The zero-order valence-corrected chi connectivity index (χ0v) is 11.0. The van der Waals surface area contributed by atoms with E-state index in [1.807, 2.05) is 25.1 Å². The van der Waals surface area contributed by atoms with Crippen LogP contribution in [0.4, 0.5) is 0 Å². The van der Waals surface area contributed by atoms with Gasteiger partial charge in [-0.25, -0.2) is 4.90 Å². The zero-order chi connectivity index (χ0) is 13.4. The highest BCUT2D eigenvalue weighted by molar-refractivity contribution is 5.86. The summed E-state index contributed by atoms with van der Waals surface area (Å²) in [6.45, 7) is 1.94. The molecule has 0 aromatic heterocycles. The van der Waals surface area contributed by atoms with Crippen molar-refractivity contribution in [2.75, 3.05) is 0 Å². The molecule has 1 saturated heterocycles. The van der Waals surface area contributed by atoms with Gasteiger partial charge in [-0.3, -0.25) is 4.79 Å². The predicted molar refractivity (Wildman–Crippen MR) is 71.5 cm³/mol. The second-order valence-corrected chi connectivity index (χ2v) is 5.36. The first-order valence-electron chi connectivity index (χ1n) is 6.72. The van der Waals surface area contributed by atoms with Gasteiger partial charge in [-0.05, 0) is 30.4 Å². The summed E-state index contributed by atoms with van der Waals surface area (Å²) in [5, 5.41) is 9.21. The van der Waals surface area contributed by atoms with Gasteiger partial charge in [0.25, 0.3) is 0 Å². The van der Waals surface area contributed by atoms with Crippen LogP contribution in [0.1, 0.15) is 25.3 Å². The molecule has 96 valence electrons. The molecule has 1 aliphatic heterocycles. The molecule has 2 atom stereocenters. The Morgan fingerprint density at radius 3 is 2.79 bits per heavy atom. The number of nitriles is 1. The van der Waals surface area contributed by atoms with Crippen LogP contribution in [0.25, 0.3) is 0 Å². The van der Waals surface area contributed by atoms with Crippen LogP contribution in [-0.2, 0) is 11.2 Å². The number of amides is 1. The van der Waals surface area contributed by atoms with Crippen LogP contribution in [0.2, 0.25) is 0 Å². The fraction of sp³-hybridized carbons (Fsp3) is 0.375. The molecule has 0 spiro atoms. The molecule has 0 bridgehead atoms. The highest BCUT2D eigenvalue weighted by Gasteiger charge is 2.46. The van der Waals surface area contributed by atoms with Crippen molar-refractivity contribution in [3.63, 3.8) is 0 Å². The third-order valence-electron chi connectivity index (χ3n) is 4.29. The van der Waals surface area contributed by atoms with E-state index in [-0.39, 0.29) is 17.7 Å². The van der Waals surface area contributed by atoms with Gasteiger partial charge in [0.05, 0.1) is 0 Å². The molecule has 1 fully saturated rings. The molecule has 2 aliphatic rings. The minimum absolute atomic E-state index is 0.0345. The maximum atomic E-state index is 12.0. The maximum Gasteiger partial charge on any atom is 0.243 e. The normalized spacial score (nSPS) is 25.7. The van der Waals surface area contributed by atoms with Crippen LogP contribution in [0.15, 0.2) is 41.6 Å². The SMILES string of the molecule is CC1C(=O)N(C#N)C2=C(Cc3ccccc3)CCC21. The average molecular weight is 252 g/mol. The van der Waals surface area contributed by atoms with Crippen molar-refractivity contribution >= 4 is 5.91 Å². The molecule has 2 unspecified atom stereocenters. The first-order valence-corrected chi connectivity index (χ1v) is 6.72. The Bertz CT molecular complexity index is 583. The number of hydrogen-bond acceptors (Lipinski definition) is 2. The van der Waals surface area contributed by atoms with E-state index in [1.54, 1.807) is 0 Å². The van der Waals surface area contributed by atoms with Gasteiger partial charge in [-0.1, -0.05) is 37.3 Å². The van der Waals surface area contributed by atoms with Gasteiger partial charge in [-0.15, -0.1) is 0 Å². The highest BCUT2D eigenvalue weighted by Crippen LogP contribution is 2.45. The molecule has 1 aliphatic carbocycles. The Labute approximate surface area is 113 Å². The fourth-order valence-corrected chi connectivity index (χ4v) is 3.29. The predicted octanol–water partition coefficient (Wildman–Crippen LogP) is 2.85. The minimum atomic E-state index is -0.0390. The fourth-order valence-electron chi connectivity index (χ4n) is 3.29. The van der Waals surface area contributed by atoms with Gasteiger partial charge in [0.1, 0.15) is 0 Å². The third-order valence-corrected chi connectivity index (χ3v) is 4.29. The number of allylic oxidation sites excluding steroid dienone is 2. The molecule has 0 saturated carbocycles. The Kier molecular flexibility index (Phi) is 2.87. The van der Waals surface area contributed by atoms with E-state index in [2.05, 4.69) is 18.3 Å². The summed E-state index contributed by atoms with van der Waals surface area (Å²) in [7, 11) is 0. The lowest BCUT2D eigenvalue weighted by Crippen LogP contribution is -2.21. The summed E-state index contributed by atoms with van der Waals surface area (Å²) in [4.78, 5) is 13.4. The van der Waals surface area contributed by atoms with Crippen LogP contribution in [0.5, 0.6) is 0 Å². The molecule has 1 aromatic carbocycles. The Morgan fingerprint density at radius 1 is 1.37 bits per heavy atom. The Hall–Kier alpha value is -2.08. The Morgan fingerprint density at radius 2 is 2.11 bits per heavy atom. The van der Waals surface area contributed by atoms with Gasteiger partial charge in [-0.2, -0.15) is 5.26 Å². The van der Waals surface area contributed by atoms with Gasteiger partial charge >= 0.3 is 0 Å². The van der Waals surface area contributed by atoms with E-state index in [4.69, 9.17) is 0 Å². The van der Waals surface area contributed by atoms with E-state index in [0.717, 1.165) is 25.0 Å². The van der Waals surface area contributed by atoms with Gasteiger partial charge in [0.15, 0.2) is 6.19 Å². The van der Waals surface area contributed by atoms with Crippen molar-refractivity contribution in [3.8, 4) is 6.19 Å². The second-order valence-electron chi connectivity index (χ2n) is 5.36. The summed E-state index contributed by atoms with van der Waals surface area (Å²) < 4.78 is 0. The number of rotatable bonds is 2. The van der Waals surface area contributed by atoms with Crippen molar-refractivity contribution in [1.82, 2.24) is 4.90 Å². The molecular formula is C16H16N2O. The summed E-state index contributed by atoms with van der Waals surface area (Å²) in [6.07, 6.45) is 4.92. The molecule has 3 rings (SSSR count). The van der Waals surface area contributed by atoms with E-state index in [0.29, 0.717) is 0 Å². The lowest BCUT2D eigenvalue weighted by molar-refractivity contribution is -0.127. The number of hydrogen-bond donors (Lipinski definition) is 0. The second kappa shape index (κ2) is 4.55. The van der Waals surface area contributed by atoms with Crippen molar-refractivity contribution in [1.29, 1.82) is 5.26 Å². The molecule has 0 radical (unpaired) electrons. The molecular weight excluding hydrogens is 236 g/mol. The van der Waals surface area contributed by atoms with Gasteiger partial charge in [0.2, 0.25) is 5.91 Å². The van der Waals surface area contributed by atoms with Crippen LogP contribution in [0, 0.1) is 23.3 Å². The zero-order valence-electron chi connectivity index (χ0n) is 11.0. The molecule has 3 nitrogen and oxygen atoms in total. The van der Waals surface area contributed by atoms with Crippen molar-refractivity contribution in [2.45, 2.75) is 26.2 Å². The highest BCUT2D eigenvalue weighted by atomic mass is 16.2. The molecule has 1 amide bonds. The number of benzene rings is 1. The first-order chi connectivity index (χ1) is 9.22. The van der Waals surface area contributed by atoms with E-state index < -0.39 is 0 Å². The molecule has 3 heteroatoms. The molecule has 1 aromatic rings. The number of carbonyl (C=O) groups excluding carboxylic acids is 1. The van der Waals surface area contributed by atoms with E-state index in [1.165, 1.54) is 16.0 Å². The number of likely N-dealkylation sites (tertiary alicyclic amines) is 1. The van der Waals surface area contributed by atoms with Crippen LogP contribution >= 0.6 is 0 Å². The van der Waals surface area contributed by atoms with Crippen molar-refractivity contribution < 1.29 is 4.79 Å². The summed E-state index contributed by atoms with van der Waals surface area (Å²) >= 11 is 0. The first kappa shape index (κ1) is 12.0. The largest absolute Gasteiger partial charge is 0.273 e. The Balaban J connectivity index is 1.96. The maximum absolute atomic E-state index is 12.0. The number of fused-ring (bicyclic) bond motifs is 1. The lowest BCUT2D eigenvalue weighted by Gasteiger charge is -2.11. The van der Waals surface area contributed by atoms with Crippen LogP contribution in [0.3, 0.4) is 0 Å². The van der Waals surface area contributed by atoms with E-state index >= 15 is 0 Å². The summed E-state index contributed by atoms with van der Waals surface area (Å²) in [6, 6.07) is 10.2. The summed E-state index contributed by atoms with van der Waals surface area (Å²) in [5.41, 5.74) is 3.50. The topological polar surface area (TPSA) is 44.1 Å². The van der Waals surface area contributed by atoms with Gasteiger partial charge in [0, 0.05) is 17.5 Å². The monoisotopic (exact) mass is 252 g/mol. The van der Waals surface area contributed by atoms with Crippen molar-refractivity contribution in [2.24, 2.45) is 11.8 Å². The lowest BCUT2D eigenvalue weighted by atomic mass is 9.95. The molecule has 19 heavy (non-hydrogen) atoms. The van der Waals surface area contributed by atoms with Crippen LogP contribution < -0.4 is 0 Å². The molecule has 0 N–H and O–H groups in total. The van der Waals surface area contributed by atoms with Crippen LogP contribution in [-0.4, -0.2) is 10.8 Å². The van der Waals surface area contributed by atoms with Crippen molar-refractivity contribution in [3.05, 3.63) is 47.2 Å². The van der Waals surface area contributed by atoms with E-state index in [9.17, 15) is 10.1 Å². The summed E-state index contributed by atoms with van der Waals surface area (Å²) in [5.74, 6) is 0.182. The third kappa shape index (κ3) is 1.84. The van der Waals surface area contributed by atoms with Gasteiger partial charge < -0.3 is 0 Å². The standard InChI is InChI=1S/C16H16N2O/c1-11-14-8-7-13(9-12-5-3-2-4-6-12)15(14)18(10-17)16(11)19/h2-6,11,14H,7-9H2,1H3. The minimum Gasteiger partial charge on any atom is -0.273 e. The number of nitrogens with zero attached hydrogens (tertiary/aromatic N) is 2. The quantitative estimate of drug-likeness (QED) is 0.760.